The van der Waals surface area contributed by atoms with E-state index in [2.05, 4.69) is 10.1 Å². The fourth-order valence-corrected chi connectivity index (χ4v) is 3.56. The Morgan fingerprint density at radius 3 is 2.58 bits per heavy atom. The number of hydrogen-bond acceptors (Lipinski definition) is 6. The third-order valence-electron chi connectivity index (χ3n) is 3.26. The summed E-state index contributed by atoms with van der Waals surface area (Å²) in [5.74, 6) is 0.946. The summed E-state index contributed by atoms with van der Waals surface area (Å²) in [5.41, 5.74) is 0.675. The third-order valence-corrected chi connectivity index (χ3v) is 5.26. The van der Waals surface area contributed by atoms with Crippen molar-refractivity contribution in [2.75, 3.05) is 0 Å². The van der Waals surface area contributed by atoms with Crippen LogP contribution >= 0.6 is 11.6 Å². The van der Waals surface area contributed by atoms with Gasteiger partial charge in [0.1, 0.15) is 15.8 Å². The quantitative estimate of drug-likeness (QED) is 0.622. The number of sulfonamides is 1. The van der Waals surface area contributed by atoms with Crippen LogP contribution in [0.2, 0.25) is 5.15 Å². The molecular weight excluding hydrogens is 354 g/mol. The summed E-state index contributed by atoms with van der Waals surface area (Å²) in [7, 11) is -3.82. The van der Waals surface area contributed by atoms with Gasteiger partial charge in [-0.1, -0.05) is 16.8 Å². The van der Waals surface area contributed by atoms with Crippen molar-refractivity contribution in [2.24, 2.45) is 0 Å². The summed E-state index contributed by atoms with van der Waals surface area (Å²) in [5, 5.41) is 4.00. The van der Waals surface area contributed by atoms with Crippen LogP contribution in [0.5, 0.6) is 0 Å². The van der Waals surface area contributed by atoms with E-state index in [0.29, 0.717) is 17.2 Å². The molecule has 0 saturated heterocycles. The van der Waals surface area contributed by atoms with E-state index in [-0.39, 0.29) is 23.1 Å². The average molecular weight is 368 g/mol. The minimum atomic E-state index is -3.82. The number of aryl methyl sites for hydroxylation is 1. The van der Waals surface area contributed by atoms with Gasteiger partial charge in [-0.05, 0) is 31.2 Å². The van der Waals surface area contributed by atoms with Crippen LogP contribution in [0.3, 0.4) is 0 Å². The van der Waals surface area contributed by atoms with E-state index in [0.717, 1.165) is 0 Å². The monoisotopic (exact) mass is 367 g/mol. The fourth-order valence-electron chi connectivity index (χ4n) is 2.13. The highest BCUT2D eigenvalue weighted by Gasteiger charge is 2.27. The lowest BCUT2D eigenvalue weighted by Gasteiger charge is -2.19. The smallest absolute Gasteiger partial charge is 0.245 e. The van der Waals surface area contributed by atoms with E-state index >= 15 is 0 Å². The van der Waals surface area contributed by atoms with Gasteiger partial charge in [-0.3, -0.25) is 0 Å². The molecule has 0 fully saturated rings. The standard InChI is InChI=1S/C15H14ClN3O4S/c1-11-7-13(23-18-11)10-19(9-12-3-2-6-22-12)24(20,21)14-4-5-15(16)17-8-14/h2-8H,9-10H2,1H3. The molecule has 0 aliphatic heterocycles. The molecule has 0 atom stereocenters. The summed E-state index contributed by atoms with van der Waals surface area (Å²) in [6.45, 7) is 1.84. The van der Waals surface area contributed by atoms with Crippen molar-refractivity contribution in [3.63, 3.8) is 0 Å². The highest BCUT2D eigenvalue weighted by molar-refractivity contribution is 7.89. The Morgan fingerprint density at radius 2 is 2.00 bits per heavy atom. The van der Waals surface area contributed by atoms with Crippen LogP contribution in [0.4, 0.5) is 0 Å². The van der Waals surface area contributed by atoms with E-state index in [4.69, 9.17) is 20.5 Å². The molecule has 0 N–H and O–H groups in total. The predicted octanol–water partition coefficient (Wildman–Crippen LogP) is 3.02. The second-order valence-corrected chi connectivity index (χ2v) is 7.43. The number of furan rings is 1. The Bertz CT molecular complexity index is 905. The van der Waals surface area contributed by atoms with Crippen molar-refractivity contribution in [3.8, 4) is 0 Å². The number of pyridine rings is 1. The summed E-state index contributed by atoms with van der Waals surface area (Å²) < 4.78 is 37.5. The average Bonchev–Trinajstić information content (AvgIpc) is 3.19. The molecule has 3 rings (SSSR count). The molecule has 0 unspecified atom stereocenters. The van der Waals surface area contributed by atoms with Crippen molar-refractivity contribution in [1.29, 1.82) is 0 Å². The van der Waals surface area contributed by atoms with Crippen molar-refractivity contribution < 1.29 is 17.4 Å². The van der Waals surface area contributed by atoms with Gasteiger partial charge in [0.05, 0.1) is 25.0 Å². The zero-order valence-electron chi connectivity index (χ0n) is 12.7. The molecule has 0 spiro atoms. The molecule has 9 heteroatoms. The second kappa shape index (κ2) is 6.76. The second-order valence-electron chi connectivity index (χ2n) is 5.10. The topological polar surface area (TPSA) is 89.4 Å². The van der Waals surface area contributed by atoms with Crippen molar-refractivity contribution in [3.05, 3.63) is 65.2 Å². The molecule has 0 amide bonds. The molecule has 3 heterocycles. The van der Waals surface area contributed by atoms with Crippen LogP contribution in [-0.4, -0.2) is 22.9 Å². The van der Waals surface area contributed by atoms with Crippen molar-refractivity contribution >= 4 is 21.6 Å². The Morgan fingerprint density at radius 1 is 1.21 bits per heavy atom. The summed E-state index contributed by atoms with van der Waals surface area (Å²) in [4.78, 5) is 3.87. The SMILES string of the molecule is Cc1cc(CN(Cc2ccco2)S(=O)(=O)c2ccc(Cl)nc2)on1. The third kappa shape index (κ3) is 3.66. The normalized spacial score (nSPS) is 12.0. The highest BCUT2D eigenvalue weighted by atomic mass is 35.5. The first kappa shape index (κ1) is 16.7. The van der Waals surface area contributed by atoms with Crippen molar-refractivity contribution in [2.45, 2.75) is 24.9 Å². The lowest BCUT2D eigenvalue weighted by Crippen LogP contribution is -2.30. The summed E-state index contributed by atoms with van der Waals surface area (Å²) in [6.07, 6.45) is 2.71. The first-order chi connectivity index (χ1) is 11.4. The van der Waals surface area contributed by atoms with Gasteiger partial charge in [-0.2, -0.15) is 4.31 Å². The number of nitrogens with zero attached hydrogens (tertiary/aromatic N) is 3. The molecule has 24 heavy (non-hydrogen) atoms. The number of halogens is 1. The summed E-state index contributed by atoms with van der Waals surface area (Å²) in [6, 6.07) is 7.92. The van der Waals surface area contributed by atoms with E-state index < -0.39 is 10.0 Å². The Hall–Kier alpha value is -2.16. The molecular formula is C15H14ClN3O4S. The molecule has 0 aliphatic carbocycles. The van der Waals surface area contributed by atoms with Crippen LogP contribution in [0.25, 0.3) is 0 Å². The van der Waals surface area contributed by atoms with E-state index in [1.54, 1.807) is 25.1 Å². The Labute approximate surface area is 143 Å². The van der Waals surface area contributed by atoms with Gasteiger partial charge in [-0.25, -0.2) is 13.4 Å². The van der Waals surface area contributed by atoms with Gasteiger partial charge in [-0.15, -0.1) is 0 Å². The van der Waals surface area contributed by atoms with Crippen LogP contribution in [0, 0.1) is 6.92 Å². The van der Waals surface area contributed by atoms with Gasteiger partial charge in [0, 0.05) is 12.3 Å². The van der Waals surface area contributed by atoms with Crippen LogP contribution < -0.4 is 0 Å². The molecule has 7 nitrogen and oxygen atoms in total. The maximum atomic E-state index is 12.9. The van der Waals surface area contributed by atoms with Gasteiger partial charge in [0.15, 0.2) is 5.76 Å². The molecule has 0 radical (unpaired) electrons. The van der Waals surface area contributed by atoms with E-state index in [1.807, 2.05) is 0 Å². The fraction of sp³-hybridized carbons (Fsp3) is 0.200. The molecule has 3 aromatic heterocycles. The molecule has 3 aromatic rings. The zero-order valence-corrected chi connectivity index (χ0v) is 14.3. The van der Waals surface area contributed by atoms with Gasteiger partial charge in [0.25, 0.3) is 0 Å². The van der Waals surface area contributed by atoms with Gasteiger partial charge in [0.2, 0.25) is 10.0 Å². The van der Waals surface area contributed by atoms with E-state index in [9.17, 15) is 8.42 Å². The Balaban J connectivity index is 1.94. The minimum Gasteiger partial charge on any atom is -0.468 e. The zero-order chi connectivity index (χ0) is 17.2. The van der Waals surface area contributed by atoms with Gasteiger partial charge < -0.3 is 8.94 Å². The van der Waals surface area contributed by atoms with Crippen molar-refractivity contribution in [1.82, 2.24) is 14.4 Å². The first-order valence-corrected chi connectivity index (χ1v) is 8.83. The van der Waals surface area contributed by atoms with Crippen LogP contribution in [0.1, 0.15) is 17.2 Å². The maximum absolute atomic E-state index is 12.9. The first-order valence-electron chi connectivity index (χ1n) is 7.01. The van der Waals surface area contributed by atoms with Gasteiger partial charge >= 0.3 is 0 Å². The molecule has 0 saturated carbocycles. The van der Waals surface area contributed by atoms with Crippen LogP contribution in [-0.2, 0) is 23.1 Å². The predicted molar refractivity (Wildman–Crippen MR) is 85.6 cm³/mol. The maximum Gasteiger partial charge on any atom is 0.245 e. The summed E-state index contributed by atoms with van der Waals surface area (Å²) >= 11 is 5.73. The highest BCUT2D eigenvalue weighted by Crippen LogP contribution is 2.22. The van der Waals surface area contributed by atoms with Crippen LogP contribution in [0.15, 0.2) is 56.6 Å². The lowest BCUT2D eigenvalue weighted by molar-refractivity contribution is 0.302. The minimum absolute atomic E-state index is 0.0203. The molecule has 0 aliphatic rings. The molecule has 126 valence electrons. The molecule has 0 bridgehead atoms. The number of rotatable bonds is 6. The van der Waals surface area contributed by atoms with E-state index in [1.165, 1.54) is 28.9 Å². The number of aromatic nitrogens is 2. The molecule has 0 aromatic carbocycles. The largest absolute Gasteiger partial charge is 0.468 e. The lowest BCUT2D eigenvalue weighted by atomic mass is 10.3. The Kier molecular flexibility index (Phi) is 4.70. The number of hydrogen-bond donors (Lipinski definition) is 0.